The van der Waals surface area contributed by atoms with E-state index in [2.05, 4.69) is 19.2 Å². The molecule has 2 aromatic heterocycles. The number of aryl methyl sites for hydroxylation is 2. The third-order valence-corrected chi connectivity index (χ3v) is 7.42. The van der Waals surface area contributed by atoms with Gasteiger partial charge in [0.25, 0.3) is 0 Å². The van der Waals surface area contributed by atoms with E-state index in [-0.39, 0.29) is 0 Å². The van der Waals surface area contributed by atoms with Crippen molar-refractivity contribution in [1.29, 1.82) is 0 Å². The van der Waals surface area contributed by atoms with Crippen molar-refractivity contribution in [3.05, 3.63) is 45.6 Å². The first-order valence-corrected chi connectivity index (χ1v) is 12.4. The van der Waals surface area contributed by atoms with Crippen LogP contribution < -0.4 is 5.32 Å². The number of rotatable bonds is 6. The van der Waals surface area contributed by atoms with Crippen LogP contribution in [0.2, 0.25) is 5.02 Å². The number of hydrogen-bond donors (Lipinski definition) is 3. The number of carboxylic acids is 2. The highest BCUT2D eigenvalue weighted by Crippen LogP contribution is 2.40. The summed E-state index contributed by atoms with van der Waals surface area (Å²) < 4.78 is 0. The molecule has 0 spiro atoms. The van der Waals surface area contributed by atoms with E-state index < -0.39 is 11.9 Å². The summed E-state index contributed by atoms with van der Waals surface area (Å²) in [6.07, 6.45) is 4.68. The maximum absolute atomic E-state index is 9.10. The molecule has 1 aromatic carbocycles. The van der Waals surface area contributed by atoms with Crippen LogP contribution in [0.25, 0.3) is 10.2 Å². The number of aliphatic carboxylic acids is 2. The molecule has 32 heavy (non-hydrogen) atoms. The molecule has 1 aliphatic carbocycles. The van der Waals surface area contributed by atoms with Crippen LogP contribution in [-0.2, 0) is 28.2 Å². The van der Waals surface area contributed by atoms with Crippen molar-refractivity contribution >= 4 is 62.7 Å². The molecule has 0 bridgehead atoms. The van der Waals surface area contributed by atoms with Gasteiger partial charge in [-0.3, -0.25) is 0 Å². The van der Waals surface area contributed by atoms with Gasteiger partial charge in [-0.15, -0.1) is 23.1 Å². The smallest absolute Gasteiger partial charge is 0.414 e. The molecule has 3 aromatic rings. The quantitative estimate of drug-likeness (QED) is 0.305. The number of nitrogens with one attached hydrogen (secondary N) is 1. The number of hydrogen-bond acceptors (Lipinski definition) is 7. The fourth-order valence-electron chi connectivity index (χ4n) is 3.22. The molecule has 2 heterocycles. The summed E-state index contributed by atoms with van der Waals surface area (Å²) in [6.45, 7) is 4.41. The first-order valence-electron chi connectivity index (χ1n) is 10.2. The monoisotopic (exact) mass is 493 g/mol. The van der Waals surface area contributed by atoms with Crippen molar-refractivity contribution in [2.45, 2.75) is 56.2 Å². The lowest BCUT2D eigenvalue weighted by Crippen LogP contribution is -2.15. The van der Waals surface area contributed by atoms with Crippen LogP contribution in [0.5, 0.6) is 0 Å². The van der Waals surface area contributed by atoms with Crippen LogP contribution in [0.1, 0.15) is 43.0 Å². The third-order valence-electron chi connectivity index (χ3n) is 4.97. The Kier molecular flexibility index (Phi) is 8.33. The molecule has 0 saturated heterocycles. The second kappa shape index (κ2) is 11.0. The molecule has 7 nitrogen and oxygen atoms in total. The molecule has 1 unspecified atom stereocenters. The van der Waals surface area contributed by atoms with Gasteiger partial charge in [0.05, 0.1) is 11.1 Å². The summed E-state index contributed by atoms with van der Waals surface area (Å²) in [7, 11) is 0. The molecule has 1 atom stereocenters. The van der Waals surface area contributed by atoms with Crippen molar-refractivity contribution in [2.75, 3.05) is 5.32 Å². The van der Waals surface area contributed by atoms with E-state index in [0.717, 1.165) is 40.1 Å². The molecule has 0 amide bonds. The Hall–Kier alpha value is -2.36. The average Bonchev–Trinajstić information content (AvgIpc) is 3.34. The van der Waals surface area contributed by atoms with E-state index in [1.807, 2.05) is 35.6 Å². The zero-order valence-electron chi connectivity index (χ0n) is 17.7. The summed E-state index contributed by atoms with van der Waals surface area (Å²) in [6, 6.07) is 8.34. The van der Waals surface area contributed by atoms with Gasteiger partial charge >= 0.3 is 11.9 Å². The Morgan fingerprint density at radius 1 is 1.19 bits per heavy atom. The van der Waals surface area contributed by atoms with Gasteiger partial charge in [-0.25, -0.2) is 19.6 Å². The number of nitrogens with zero attached hydrogens (tertiary/aromatic N) is 2. The van der Waals surface area contributed by atoms with E-state index in [9.17, 15) is 0 Å². The van der Waals surface area contributed by atoms with Crippen LogP contribution in [-0.4, -0.2) is 38.2 Å². The number of aromatic nitrogens is 2. The Labute approximate surface area is 199 Å². The van der Waals surface area contributed by atoms with Crippen molar-refractivity contribution in [1.82, 2.24) is 9.97 Å². The number of fused-ring (bicyclic) bond motifs is 3. The predicted octanol–water partition coefficient (Wildman–Crippen LogP) is 5.49. The lowest BCUT2D eigenvalue weighted by Gasteiger charge is -2.14. The molecule has 0 radical (unpaired) electrons. The van der Waals surface area contributed by atoms with Crippen molar-refractivity contribution in [2.24, 2.45) is 0 Å². The van der Waals surface area contributed by atoms with Gasteiger partial charge in [0.15, 0.2) is 0 Å². The summed E-state index contributed by atoms with van der Waals surface area (Å²) in [4.78, 5) is 31.8. The number of thiophene rings is 1. The normalized spacial score (nSPS) is 13.2. The minimum atomic E-state index is -1.82. The number of carbonyl (C=O) groups is 2. The fourth-order valence-corrected chi connectivity index (χ4v) is 5.38. The predicted molar refractivity (Wildman–Crippen MR) is 129 cm³/mol. The number of benzene rings is 1. The molecular formula is C22H24ClN3O4S2. The van der Waals surface area contributed by atoms with Gasteiger partial charge in [-0.2, -0.15) is 0 Å². The summed E-state index contributed by atoms with van der Waals surface area (Å²) in [5, 5.41) is 20.4. The zero-order chi connectivity index (χ0) is 23.3. The Balaban J connectivity index is 0.000000427. The molecule has 0 aliphatic heterocycles. The first kappa shape index (κ1) is 24.3. The van der Waals surface area contributed by atoms with E-state index in [0.29, 0.717) is 6.04 Å². The molecule has 0 fully saturated rings. The van der Waals surface area contributed by atoms with Gasteiger partial charge in [-0.05, 0) is 62.4 Å². The average molecular weight is 494 g/mol. The van der Waals surface area contributed by atoms with Crippen LogP contribution in [0.3, 0.4) is 0 Å². The third kappa shape index (κ3) is 6.11. The fraction of sp³-hybridized carbons (Fsp3) is 0.364. The van der Waals surface area contributed by atoms with Gasteiger partial charge in [-0.1, -0.05) is 18.5 Å². The zero-order valence-corrected chi connectivity index (χ0v) is 20.1. The number of anilines is 1. The highest BCUT2D eigenvalue weighted by molar-refractivity contribution is 7.98. The first-order chi connectivity index (χ1) is 15.3. The maximum Gasteiger partial charge on any atom is 0.414 e. The second-order valence-corrected chi connectivity index (χ2v) is 9.90. The topological polar surface area (TPSA) is 112 Å². The van der Waals surface area contributed by atoms with E-state index in [1.54, 1.807) is 11.8 Å². The molecule has 10 heteroatoms. The van der Waals surface area contributed by atoms with Crippen molar-refractivity contribution in [3.63, 3.8) is 0 Å². The molecule has 0 saturated carbocycles. The number of halogens is 1. The summed E-state index contributed by atoms with van der Waals surface area (Å²) >= 11 is 9.58. The molecule has 170 valence electrons. The maximum atomic E-state index is 9.10. The van der Waals surface area contributed by atoms with Gasteiger partial charge in [0, 0.05) is 20.8 Å². The molecule has 3 N–H and O–H groups in total. The van der Waals surface area contributed by atoms with Crippen LogP contribution >= 0.6 is 34.7 Å². The SMILES string of the molecule is CCC(C)Nc1nc(CSc2ccc(Cl)cc2)nc2sc3c(c12)CCC3.O=C(O)C(=O)O. The van der Waals surface area contributed by atoms with Gasteiger partial charge in [0.1, 0.15) is 16.5 Å². The lowest BCUT2D eigenvalue weighted by atomic mass is 10.1. The van der Waals surface area contributed by atoms with Gasteiger partial charge < -0.3 is 15.5 Å². The van der Waals surface area contributed by atoms with E-state index >= 15 is 0 Å². The summed E-state index contributed by atoms with van der Waals surface area (Å²) in [5.74, 6) is -0.973. The Morgan fingerprint density at radius 3 is 2.50 bits per heavy atom. The number of thioether (sulfide) groups is 1. The van der Waals surface area contributed by atoms with Gasteiger partial charge in [0.2, 0.25) is 0 Å². The minimum Gasteiger partial charge on any atom is -0.473 e. The van der Waals surface area contributed by atoms with E-state index in [4.69, 9.17) is 41.4 Å². The second-order valence-electron chi connectivity index (χ2n) is 7.33. The summed E-state index contributed by atoms with van der Waals surface area (Å²) in [5.41, 5.74) is 1.48. The van der Waals surface area contributed by atoms with Crippen molar-refractivity contribution in [3.8, 4) is 0 Å². The molecular weight excluding hydrogens is 470 g/mol. The highest BCUT2D eigenvalue weighted by atomic mass is 35.5. The lowest BCUT2D eigenvalue weighted by molar-refractivity contribution is -0.159. The van der Waals surface area contributed by atoms with Crippen LogP contribution in [0, 0.1) is 0 Å². The molecule has 4 rings (SSSR count). The van der Waals surface area contributed by atoms with Crippen LogP contribution in [0.4, 0.5) is 5.82 Å². The van der Waals surface area contributed by atoms with E-state index in [1.165, 1.54) is 33.6 Å². The Bertz CT molecular complexity index is 1110. The molecule has 1 aliphatic rings. The Morgan fingerprint density at radius 2 is 1.88 bits per heavy atom. The largest absolute Gasteiger partial charge is 0.473 e. The minimum absolute atomic E-state index is 0.404. The standard InChI is InChI=1S/C20H22ClN3S2.C2H2O4/c1-3-12(2)22-19-18-15-5-4-6-16(15)26-20(18)24-17(23-19)11-25-14-9-7-13(21)8-10-14;3-1(4)2(5)6/h7-10,12H,3-6,11H2,1-2H3,(H,22,23,24);(H,3,4)(H,5,6). The van der Waals surface area contributed by atoms with Crippen LogP contribution in [0.15, 0.2) is 29.2 Å². The van der Waals surface area contributed by atoms with Crippen molar-refractivity contribution < 1.29 is 19.8 Å². The highest BCUT2D eigenvalue weighted by Gasteiger charge is 2.22. The number of carboxylic acid groups (broad SMARTS) is 2.